The van der Waals surface area contributed by atoms with E-state index in [0.717, 1.165) is 30.6 Å². The van der Waals surface area contributed by atoms with Crippen LogP contribution in [0.1, 0.15) is 25.3 Å². The van der Waals surface area contributed by atoms with Crippen molar-refractivity contribution in [3.8, 4) is 11.8 Å². The number of hydrogen-bond acceptors (Lipinski definition) is 8. The second kappa shape index (κ2) is 8.98. The molecule has 32 heavy (non-hydrogen) atoms. The van der Waals surface area contributed by atoms with Gasteiger partial charge in [0.1, 0.15) is 17.1 Å². The highest BCUT2D eigenvalue weighted by Crippen LogP contribution is 2.33. The van der Waals surface area contributed by atoms with E-state index in [9.17, 15) is 10.1 Å². The third-order valence-corrected chi connectivity index (χ3v) is 5.36. The molecule has 1 aromatic heterocycles. The second-order valence-corrected chi connectivity index (χ2v) is 7.79. The summed E-state index contributed by atoms with van der Waals surface area (Å²) < 4.78 is 5.55. The van der Waals surface area contributed by atoms with Crippen molar-refractivity contribution >= 4 is 40.0 Å². The van der Waals surface area contributed by atoms with E-state index in [1.54, 1.807) is 25.3 Å². The molecule has 9 nitrogen and oxygen atoms in total. The number of methoxy groups -OCH3 is 1. The van der Waals surface area contributed by atoms with E-state index >= 15 is 0 Å². The molecule has 1 amide bonds. The molecule has 4 N–H and O–H groups in total. The van der Waals surface area contributed by atoms with Gasteiger partial charge < -0.3 is 26.0 Å². The van der Waals surface area contributed by atoms with Crippen LogP contribution in [0, 0.1) is 11.3 Å². The first-order valence-corrected chi connectivity index (χ1v) is 10.4. The first kappa shape index (κ1) is 21.2. The summed E-state index contributed by atoms with van der Waals surface area (Å²) >= 11 is 0. The number of benzene rings is 2. The number of hydrogen-bond donors (Lipinski definition) is 3. The van der Waals surface area contributed by atoms with E-state index in [0.29, 0.717) is 40.7 Å². The van der Waals surface area contributed by atoms with Crippen molar-refractivity contribution in [3.63, 3.8) is 0 Å². The summed E-state index contributed by atoms with van der Waals surface area (Å²) in [5.41, 5.74) is 8.14. The summed E-state index contributed by atoms with van der Waals surface area (Å²) in [5.74, 6) is 1.72. The highest BCUT2D eigenvalue weighted by Gasteiger charge is 2.24. The predicted octanol–water partition coefficient (Wildman–Crippen LogP) is 2.94. The van der Waals surface area contributed by atoms with Gasteiger partial charge in [-0.2, -0.15) is 10.2 Å². The lowest BCUT2D eigenvalue weighted by atomic mass is 10.0. The summed E-state index contributed by atoms with van der Waals surface area (Å²) in [6.45, 7) is 3.00. The number of carbonyl (C=O) groups excluding carboxylic acids is 1. The molecule has 0 radical (unpaired) electrons. The topological polar surface area (TPSA) is 129 Å². The minimum atomic E-state index is -0.0385. The number of aromatic nitrogens is 2. The first-order chi connectivity index (χ1) is 15.5. The summed E-state index contributed by atoms with van der Waals surface area (Å²) in [7, 11) is 1.61. The minimum Gasteiger partial charge on any atom is -0.494 e. The van der Waals surface area contributed by atoms with Crippen molar-refractivity contribution < 1.29 is 9.53 Å². The molecule has 2 heterocycles. The standard InChI is InChI=1S/C23H25N7O2/c1-14(31)26-17-5-4-8-30(13-17)22-19-6-3-7-20(32-2)21(19)28-23(29-22)27-18-10-15(12-24)9-16(25)11-18/h3,6-7,9-11,17H,4-5,8,13,25H2,1-2H3,(H,26,31)(H,27,28,29)/t17-/m1/s1. The Morgan fingerprint density at radius 3 is 2.91 bits per heavy atom. The van der Waals surface area contributed by atoms with Gasteiger partial charge in [-0.15, -0.1) is 0 Å². The molecule has 0 unspecified atom stereocenters. The monoisotopic (exact) mass is 431 g/mol. The highest BCUT2D eigenvalue weighted by atomic mass is 16.5. The number of nitrogens with two attached hydrogens (primary N) is 1. The summed E-state index contributed by atoms with van der Waals surface area (Å²) in [6.07, 6.45) is 1.86. The Hall–Kier alpha value is -4.06. The molecule has 0 saturated carbocycles. The molecule has 164 valence electrons. The average Bonchev–Trinajstić information content (AvgIpc) is 2.77. The fourth-order valence-corrected chi connectivity index (χ4v) is 4.06. The fraction of sp³-hybridized carbons (Fsp3) is 0.304. The number of nitrogen functional groups attached to an aromatic ring is 1. The summed E-state index contributed by atoms with van der Waals surface area (Å²) in [5, 5.41) is 16.3. The number of anilines is 4. The van der Waals surface area contributed by atoms with Gasteiger partial charge in [0.05, 0.1) is 18.7 Å². The SMILES string of the molecule is COc1cccc2c(N3CCC[C@@H](NC(C)=O)C3)nc(Nc3cc(N)cc(C#N)c3)nc12. The molecule has 3 aromatic rings. The number of piperidine rings is 1. The third kappa shape index (κ3) is 4.49. The number of nitrogens with zero attached hydrogens (tertiary/aromatic N) is 4. The van der Waals surface area contributed by atoms with Crippen molar-refractivity contribution in [2.24, 2.45) is 0 Å². The van der Waals surface area contributed by atoms with Crippen molar-refractivity contribution in [2.75, 3.05) is 36.1 Å². The van der Waals surface area contributed by atoms with Gasteiger partial charge in [-0.25, -0.2) is 4.98 Å². The van der Waals surface area contributed by atoms with Crippen molar-refractivity contribution in [2.45, 2.75) is 25.8 Å². The molecule has 1 aliphatic heterocycles. The number of nitrogens with one attached hydrogen (secondary N) is 2. The first-order valence-electron chi connectivity index (χ1n) is 10.4. The second-order valence-electron chi connectivity index (χ2n) is 7.79. The largest absolute Gasteiger partial charge is 0.494 e. The Morgan fingerprint density at radius 2 is 2.16 bits per heavy atom. The lowest BCUT2D eigenvalue weighted by Gasteiger charge is -2.34. The van der Waals surface area contributed by atoms with Crippen LogP contribution in [0.3, 0.4) is 0 Å². The summed E-state index contributed by atoms with van der Waals surface area (Å²) in [6, 6.07) is 12.9. The number of ether oxygens (including phenoxy) is 1. The fourth-order valence-electron chi connectivity index (χ4n) is 4.06. The normalized spacial score (nSPS) is 15.8. The Morgan fingerprint density at radius 1 is 1.31 bits per heavy atom. The lowest BCUT2D eigenvalue weighted by Crippen LogP contribution is -2.47. The van der Waals surface area contributed by atoms with E-state index in [4.69, 9.17) is 15.5 Å². The van der Waals surface area contributed by atoms with Gasteiger partial charge >= 0.3 is 0 Å². The van der Waals surface area contributed by atoms with Crippen LogP contribution in [0.5, 0.6) is 5.75 Å². The predicted molar refractivity (Wildman–Crippen MR) is 124 cm³/mol. The number of nitriles is 1. The van der Waals surface area contributed by atoms with Crippen LogP contribution in [0.4, 0.5) is 23.1 Å². The molecular formula is C23H25N7O2. The zero-order chi connectivity index (χ0) is 22.7. The van der Waals surface area contributed by atoms with E-state index in [2.05, 4.69) is 26.6 Å². The van der Waals surface area contributed by atoms with Crippen LogP contribution in [-0.2, 0) is 4.79 Å². The van der Waals surface area contributed by atoms with Crippen molar-refractivity contribution in [1.82, 2.24) is 15.3 Å². The van der Waals surface area contributed by atoms with Gasteiger partial charge in [0.25, 0.3) is 0 Å². The average molecular weight is 432 g/mol. The maximum Gasteiger partial charge on any atom is 0.229 e. The maximum atomic E-state index is 11.6. The number of amides is 1. The molecule has 0 spiro atoms. The molecule has 1 atom stereocenters. The Bertz CT molecular complexity index is 1200. The number of rotatable bonds is 5. The zero-order valence-electron chi connectivity index (χ0n) is 18.1. The number of carbonyl (C=O) groups is 1. The molecule has 4 rings (SSSR count). The molecule has 0 bridgehead atoms. The van der Waals surface area contributed by atoms with Gasteiger partial charge in [-0.05, 0) is 43.2 Å². The number of fused-ring (bicyclic) bond motifs is 1. The van der Waals surface area contributed by atoms with E-state index < -0.39 is 0 Å². The molecule has 1 saturated heterocycles. The van der Waals surface area contributed by atoms with E-state index in [1.165, 1.54) is 6.92 Å². The van der Waals surface area contributed by atoms with E-state index in [1.807, 2.05) is 18.2 Å². The van der Waals surface area contributed by atoms with Crippen molar-refractivity contribution in [3.05, 3.63) is 42.0 Å². The molecule has 1 fully saturated rings. The lowest BCUT2D eigenvalue weighted by molar-refractivity contribution is -0.119. The molecule has 2 aromatic carbocycles. The van der Waals surface area contributed by atoms with Crippen LogP contribution < -0.4 is 26.0 Å². The minimum absolute atomic E-state index is 0.0385. The highest BCUT2D eigenvalue weighted by molar-refractivity contribution is 5.94. The maximum absolute atomic E-state index is 11.6. The van der Waals surface area contributed by atoms with Crippen LogP contribution in [0.2, 0.25) is 0 Å². The van der Waals surface area contributed by atoms with Gasteiger partial charge in [0.15, 0.2) is 0 Å². The van der Waals surface area contributed by atoms with E-state index in [-0.39, 0.29) is 11.9 Å². The van der Waals surface area contributed by atoms with Crippen LogP contribution >= 0.6 is 0 Å². The molecule has 9 heteroatoms. The van der Waals surface area contributed by atoms with Gasteiger partial charge in [-0.1, -0.05) is 6.07 Å². The molecule has 1 aliphatic rings. The third-order valence-electron chi connectivity index (χ3n) is 5.36. The quantitative estimate of drug-likeness (QED) is 0.526. The van der Waals surface area contributed by atoms with Crippen LogP contribution in [0.15, 0.2) is 36.4 Å². The Kier molecular flexibility index (Phi) is 5.94. The van der Waals surface area contributed by atoms with Crippen LogP contribution in [-0.4, -0.2) is 42.1 Å². The zero-order valence-corrected chi connectivity index (χ0v) is 18.1. The van der Waals surface area contributed by atoms with Gasteiger partial charge in [0.2, 0.25) is 11.9 Å². The van der Waals surface area contributed by atoms with Gasteiger partial charge in [0, 0.05) is 42.8 Å². The number of para-hydroxylation sites is 1. The summed E-state index contributed by atoms with van der Waals surface area (Å²) in [4.78, 5) is 23.2. The molecule has 0 aliphatic carbocycles. The van der Waals surface area contributed by atoms with Gasteiger partial charge in [-0.3, -0.25) is 4.79 Å². The smallest absolute Gasteiger partial charge is 0.229 e. The van der Waals surface area contributed by atoms with Crippen molar-refractivity contribution in [1.29, 1.82) is 5.26 Å². The Labute approximate surface area is 186 Å². The van der Waals surface area contributed by atoms with Crippen LogP contribution in [0.25, 0.3) is 10.9 Å². The Balaban J connectivity index is 1.77. The molecular weight excluding hydrogens is 406 g/mol.